The molecule has 0 fully saturated rings. The van der Waals surface area contributed by atoms with Crippen LogP contribution in [0.15, 0.2) is 24.3 Å². The van der Waals surface area contributed by atoms with Gasteiger partial charge in [-0.2, -0.15) is 0 Å². The number of nitrogens with one attached hydrogen (secondary N) is 1. The van der Waals surface area contributed by atoms with E-state index in [0.29, 0.717) is 5.88 Å². The molecule has 0 radical (unpaired) electrons. The first kappa shape index (κ1) is 13.4. The van der Waals surface area contributed by atoms with Gasteiger partial charge in [-0.1, -0.05) is 24.3 Å². The van der Waals surface area contributed by atoms with Crippen molar-refractivity contribution < 1.29 is 4.79 Å². The van der Waals surface area contributed by atoms with Crippen molar-refractivity contribution in [1.29, 1.82) is 0 Å². The van der Waals surface area contributed by atoms with Gasteiger partial charge in [-0.25, -0.2) is 0 Å². The highest BCUT2D eigenvalue weighted by atomic mass is 35.5. The minimum Gasteiger partial charge on any atom is -0.356 e. The molecule has 1 atom stereocenters. The Bertz CT molecular complexity index is 405. The second-order valence-corrected chi connectivity index (χ2v) is 5.21. The Balaban J connectivity index is 1.95. The number of halogens is 1. The molecule has 0 saturated carbocycles. The first-order valence-electron chi connectivity index (χ1n) is 6.74. The molecule has 18 heavy (non-hydrogen) atoms. The summed E-state index contributed by atoms with van der Waals surface area (Å²) in [5, 5.41) is 3.03. The molecule has 1 aromatic carbocycles. The average molecular weight is 266 g/mol. The molecule has 0 aromatic heterocycles. The van der Waals surface area contributed by atoms with Crippen molar-refractivity contribution in [3.63, 3.8) is 0 Å². The van der Waals surface area contributed by atoms with Crippen molar-refractivity contribution >= 4 is 17.5 Å². The van der Waals surface area contributed by atoms with E-state index in [1.165, 1.54) is 11.1 Å². The van der Waals surface area contributed by atoms with Crippen LogP contribution in [0.5, 0.6) is 0 Å². The maximum Gasteiger partial charge on any atom is 0.227 e. The maximum atomic E-state index is 12.2. The van der Waals surface area contributed by atoms with Crippen LogP contribution < -0.4 is 5.32 Å². The summed E-state index contributed by atoms with van der Waals surface area (Å²) in [6, 6.07) is 8.32. The molecule has 1 aliphatic rings. The summed E-state index contributed by atoms with van der Waals surface area (Å²) in [7, 11) is 0. The molecule has 1 aliphatic carbocycles. The van der Waals surface area contributed by atoms with Crippen LogP contribution in [0.1, 0.15) is 42.7 Å². The predicted molar refractivity (Wildman–Crippen MR) is 75.1 cm³/mol. The van der Waals surface area contributed by atoms with E-state index >= 15 is 0 Å². The summed E-state index contributed by atoms with van der Waals surface area (Å²) in [5.74, 6) is 0.893. The van der Waals surface area contributed by atoms with Crippen LogP contribution in [0.2, 0.25) is 0 Å². The zero-order chi connectivity index (χ0) is 12.8. The third kappa shape index (κ3) is 3.26. The van der Waals surface area contributed by atoms with E-state index in [1.54, 1.807) is 0 Å². The van der Waals surface area contributed by atoms with Gasteiger partial charge in [-0.15, -0.1) is 11.6 Å². The van der Waals surface area contributed by atoms with Gasteiger partial charge in [-0.3, -0.25) is 4.79 Å². The lowest BCUT2D eigenvalue weighted by atomic mass is 9.82. The van der Waals surface area contributed by atoms with Crippen molar-refractivity contribution in [3.05, 3.63) is 35.4 Å². The summed E-state index contributed by atoms with van der Waals surface area (Å²) in [5.41, 5.74) is 2.56. The molecule has 0 heterocycles. The van der Waals surface area contributed by atoms with Crippen molar-refractivity contribution in [1.82, 2.24) is 5.32 Å². The molecular formula is C15H20ClNO. The van der Waals surface area contributed by atoms with Crippen molar-refractivity contribution in [2.24, 2.45) is 0 Å². The molecule has 2 rings (SSSR count). The SMILES string of the molecule is O=C(NCCCCCl)C1CCCc2ccccc21. The Morgan fingerprint density at radius 3 is 3.00 bits per heavy atom. The minimum atomic E-state index is 0.0472. The Morgan fingerprint density at radius 1 is 1.33 bits per heavy atom. The standard InChI is InChI=1S/C15H20ClNO/c16-10-3-4-11-17-15(18)14-9-5-7-12-6-1-2-8-13(12)14/h1-2,6,8,14H,3-5,7,9-11H2,(H,17,18). The monoisotopic (exact) mass is 265 g/mol. The lowest BCUT2D eigenvalue weighted by Crippen LogP contribution is -2.32. The second kappa shape index (κ2) is 6.79. The number of hydrogen-bond donors (Lipinski definition) is 1. The molecule has 0 spiro atoms. The van der Waals surface area contributed by atoms with Gasteiger partial charge in [0, 0.05) is 12.4 Å². The largest absolute Gasteiger partial charge is 0.356 e. The fraction of sp³-hybridized carbons (Fsp3) is 0.533. The molecule has 2 nitrogen and oxygen atoms in total. The van der Waals surface area contributed by atoms with Gasteiger partial charge in [0.2, 0.25) is 5.91 Å². The van der Waals surface area contributed by atoms with Crippen LogP contribution in [0.4, 0.5) is 0 Å². The van der Waals surface area contributed by atoms with Gasteiger partial charge in [0.05, 0.1) is 5.92 Å². The maximum absolute atomic E-state index is 12.2. The van der Waals surface area contributed by atoms with Gasteiger partial charge in [0.15, 0.2) is 0 Å². The zero-order valence-corrected chi connectivity index (χ0v) is 11.4. The lowest BCUT2D eigenvalue weighted by Gasteiger charge is -2.24. The van der Waals surface area contributed by atoms with E-state index in [0.717, 1.165) is 38.6 Å². The smallest absolute Gasteiger partial charge is 0.227 e. The van der Waals surface area contributed by atoms with Gasteiger partial charge >= 0.3 is 0 Å². The molecule has 1 amide bonds. The number of amides is 1. The molecule has 1 aromatic rings. The molecule has 0 saturated heterocycles. The number of alkyl halides is 1. The van der Waals surface area contributed by atoms with E-state index in [9.17, 15) is 4.79 Å². The molecular weight excluding hydrogens is 246 g/mol. The second-order valence-electron chi connectivity index (χ2n) is 4.83. The molecule has 98 valence electrons. The van der Waals surface area contributed by atoms with Gasteiger partial charge in [0.25, 0.3) is 0 Å². The highest BCUT2D eigenvalue weighted by Crippen LogP contribution is 2.31. The number of rotatable bonds is 5. The minimum absolute atomic E-state index is 0.0472. The lowest BCUT2D eigenvalue weighted by molar-refractivity contribution is -0.122. The van der Waals surface area contributed by atoms with Crippen molar-refractivity contribution in [2.75, 3.05) is 12.4 Å². The Morgan fingerprint density at radius 2 is 2.17 bits per heavy atom. The Labute approximate surface area is 114 Å². The third-order valence-corrected chi connectivity index (χ3v) is 3.81. The molecule has 1 unspecified atom stereocenters. The van der Waals surface area contributed by atoms with Crippen molar-refractivity contribution in [2.45, 2.75) is 38.0 Å². The van der Waals surface area contributed by atoms with Gasteiger partial charge < -0.3 is 5.32 Å². The van der Waals surface area contributed by atoms with Gasteiger partial charge in [0.1, 0.15) is 0 Å². The number of carbonyl (C=O) groups excluding carboxylic acids is 1. The first-order valence-corrected chi connectivity index (χ1v) is 7.28. The zero-order valence-electron chi connectivity index (χ0n) is 10.6. The number of hydrogen-bond acceptors (Lipinski definition) is 1. The van der Waals surface area contributed by atoms with Crippen LogP contribution in [0, 0.1) is 0 Å². The van der Waals surface area contributed by atoms with E-state index in [4.69, 9.17) is 11.6 Å². The van der Waals surface area contributed by atoms with Crippen LogP contribution in [-0.4, -0.2) is 18.3 Å². The molecule has 0 bridgehead atoms. The number of carbonyl (C=O) groups is 1. The fourth-order valence-electron chi connectivity index (χ4n) is 2.58. The van der Waals surface area contributed by atoms with Crippen LogP contribution in [-0.2, 0) is 11.2 Å². The molecule has 1 N–H and O–H groups in total. The predicted octanol–water partition coefficient (Wildman–Crippen LogP) is 3.24. The summed E-state index contributed by atoms with van der Waals surface area (Å²) in [6.45, 7) is 0.740. The molecule has 3 heteroatoms. The summed E-state index contributed by atoms with van der Waals surface area (Å²) < 4.78 is 0. The van der Waals surface area contributed by atoms with Crippen molar-refractivity contribution in [3.8, 4) is 0 Å². The number of aryl methyl sites for hydroxylation is 1. The van der Waals surface area contributed by atoms with Crippen LogP contribution in [0.3, 0.4) is 0 Å². The number of unbranched alkanes of at least 4 members (excludes halogenated alkanes) is 1. The van der Waals surface area contributed by atoms with E-state index in [1.807, 2.05) is 6.07 Å². The highest BCUT2D eigenvalue weighted by Gasteiger charge is 2.25. The Kier molecular flexibility index (Phi) is 5.06. The first-order chi connectivity index (χ1) is 8.83. The average Bonchev–Trinajstić information content (AvgIpc) is 2.43. The quantitative estimate of drug-likeness (QED) is 0.643. The fourth-order valence-corrected chi connectivity index (χ4v) is 2.77. The summed E-state index contributed by atoms with van der Waals surface area (Å²) in [4.78, 5) is 12.2. The normalized spacial score (nSPS) is 18.2. The third-order valence-electron chi connectivity index (χ3n) is 3.55. The topological polar surface area (TPSA) is 29.1 Å². The van der Waals surface area contributed by atoms with E-state index in [-0.39, 0.29) is 11.8 Å². The summed E-state index contributed by atoms with van der Waals surface area (Å²) >= 11 is 5.62. The van der Waals surface area contributed by atoms with Gasteiger partial charge in [-0.05, 0) is 43.2 Å². The molecule has 0 aliphatic heterocycles. The highest BCUT2D eigenvalue weighted by molar-refractivity contribution is 6.17. The summed E-state index contributed by atoms with van der Waals surface area (Å²) in [6.07, 6.45) is 5.11. The van der Waals surface area contributed by atoms with Crippen LogP contribution in [0.25, 0.3) is 0 Å². The number of benzene rings is 1. The van der Waals surface area contributed by atoms with E-state index in [2.05, 4.69) is 23.5 Å². The van der Waals surface area contributed by atoms with Crippen LogP contribution >= 0.6 is 11.6 Å². The number of fused-ring (bicyclic) bond motifs is 1. The Hall–Kier alpha value is -1.02. The van der Waals surface area contributed by atoms with E-state index < -0.39 is 0 Å².